The molecule has 2 atom stereocenters. The van der Waals surface area contributed by atoms with Crippen molar-refractivity contribution in [3.05, 3.63) is 0 Å². The number of carbonyl (C=O) groups is 2. The summed E-state index contributed by atoms with van der Waals surface area (Å²) in [7, 11) is 0. The van der Waals surface area contributed by atoms with E-state index in [9.17, 15) is 9.59 Å². The van der Waals surface area contributed by atoms with Gasteiger partial charge in [0.15, 0.2) is 0 Å². The largest absolute Gasteiger partial charge is 0.465 e. The molecule has 0 N–H and O–H groups in total. The fourth-order valence-electron chi connectivity index (χ4n) is 3.07. The summed E-state index contributed by atoms with van der Waals surface area (Å²) in [5, 5.41) is 0. The van der Waals surface area contributed by atoms with E-state index in [2.05, 4.69) is 27.7 Å². The van der Waals surface area contributed by atoms with Crippen LogP contribution in [0.15, 0.2) is 0 Å². The van der Waals surface area contributed by atoms with Gasteiger partial charge in [-0.15, -0.1) is 0 Å². The number of hydrogen-bond acceptors (Lipinski definition) is 4. The third-order valence-electron chi connectivity index (χ3n) is 5.25. The zero-order valence-corrected chi connectivity index (χ0v) is 18.8. The van der Waals surface area contributed by atoms with E-state index in [-0.39, 0.29) is 30.6 Å². The molecule has 0 aliphatic rings. The van der Waals surface area contributed by atoms with Gasteiger partial charge < -0.3 is 9.47 Å². The molecule has 160 valence electrons. The van der Waals surface area contributed by atoms with E-state index >= 15 is 0 Å². The first-order valence-corrected chi connectivity index (χ1v) is 11.1. The van der Waals surface area contributed by atoms with Crippen LogP contribution in [0.4, 0.5) is 0 Å². The van der Waals surface area contributed by atoms with Gasteiger partial charge >= 0.3 is 11.9 Å². The fraction of sp³-hybridized carbons (Fsp3) is 0.913. The summed E-state index contributed by atoms with van der Waals surface area (Å²) in [6.07, 6.45) is 9.78. The van der Waals surface area contributed by atoms with Crippen molar-refractivity contribution in [1.82, 2.24) is 0 Å². The van der Waals surface area contributed by atoms with Gasteiger partial charge in [-0.3, -0.25) is 9.59 Å². The molecule has 0 saturated heterocycles. The zero-order valence-electron chi connectivity index (χ0n) is 18.8. The van der Waals surface area contributed by atoms with Crippen molar-refractivity contribution >= 4 is 11.9 Å². The van der Waals surface area contributed by atoms with Crippen molar-refractivity contribution in [2.45, 2.75) is 106 Å². The molecule has 4 heteroatoms. The molecule has 0 aliphatic heterocycles. The minimum atomic E-state index is -0.360. The minimum Gasteiger partial charge on any atom is -0.465 e. The molecular weight excluding hydrogens is 340 g/mol. The molecule has 0 aromatic heterocycles. The molecule has 0 heterocycles. The van der Waals surface area contributed by atoms with E-state index in [0.29, 0.717) is 24.7 Å². The summed E-state index contributed by atoms with van der Waals surface area (Å²) in [6, 6.07) is 0. The zero-order chi connectivity index (χ0) is 20.7. The first-order valence-electron chi connectivity index (χ1n) is 11.1. The van der Waals surface area contributed by atoms with Gasteiger partial charge in [-0.25, -0.2) is 0 Å². The van der Waals surface area contributed by atoms with Gasteiger partial charge in [0.05, 0.1) is 13.2 Å². The third-order valence-corrected chi connectivity index (χ3v) is 5.25. The van der Waals surface area contributed by atoms with Crippen molar-refractivity contribution in [3.63, 3.8) is 0 Å². The highest BCUT2D eigenvalue weighted by atomic mass is 16.5. The van der Waals surface area contributed by atoms with Crippen LogP contribution < -0.4 is 0 Å². The average Bonchev–Trinajstić information content (AvgIpc) is 2.65. The highest BCUT2D eigenvalue weighted by Crippen LogP contribution is 2.22. The lowest BCUT2D eigenvalue weighted by Gasteiger charge is -2.25. The lowest BCUT2D eigenvalue weighted by Crippen LogP contribution is -2.29. The molecule has 0 aromatic rings. The monoisotopic (exact) mass is 384 g/mol. The highest BCUT2D eigenvalue weighted by molar-refractivity contribution is 5.70. The number of hydrogen-bond donors (Lipinski definition) is 0. The van der Waals surface area contributed by atoms with Gasteiger partial charge in [0.2, 0.25) is 0 Å². The average molecular weight is 385 g/mol. The van der Waals surface area contributed by atoms with Crippen LogP contribution in [0, 0.1) is 17.3 Å². The summed E-state index contributed by atoms with van der Waals surface area (Å²) in [4.78, 5) is 24.2. The Morgan fingerprint density at radius 3 is 1.41 bits per heavy atom. The lowest BCUT2D eigenvalue weighted by molar-refractivity contribution is -0.153. The number of unbranched alkanes of at least 4 members (excludes halogenated alkanes) is 2. The molecule has 0 amide bonds. The van der Waals surface area contributed by atoms with Crippen molar-refractivity contribution in [2.75, 3.05) is 13.2 Å². The lowest BCUT2D eigenvalue weighted by atomic mass is 9.94. The van der Waals surface area contributed by atoms with Gasteiger partial charge in [0.25, 0.3) is 0 Å². The molecule has 0 aromatic carbocycles. The molecular formula is C23H44O4. The summed E-state index contributed by atoms with van der Waals surface area (Å²) in [6.45, 7) is 13.1. The summed E-state index contributed by atoms with van der Waals surface area (Å²) < 4.78 is 11.0. The quantitative estimate of drug-likeness (QED) is 0.292. The van der Waals surface area contributed by atoms with E-state index in [1.807, 2.05) is 13.8 Å². The maximum Gasteiger partial charge on any atom is 0.306 e. The molecule has 0 fully saturated rings. The maximum atomic E-state index is 12.1. The fourth-order valence-corrected chi connectivity index (χ4v) is 3.07. The first kappa shape index (κ1) is 25.9. The second-order valence-corrected chi connectivity index (χ2v) is 8.73. The maximum absolute atomic E-state index is 12.1. The Hall–Kier alpha value is -1.06. The van der Waals surface area contributed by atoms with E-state index < -0.39 is 0 Å². The summed E-state index contributed by atoms with van der Waals surface area (Å²) in [5.74, 6) is 0.547. The first-order chi connectivity index (χ1) is 12.8. The van der Waals surface area contributed by atoms with E-state index in [1.54, 1.807) is 0 Å². The van der Waals surface area contributed by atoms with Crippen molar-refractivity contribution < 1.29 is 19.1 Å². The molecule has 0 rings (SSSR count). The van der Waals surface area contributed by atoms with Crippen molar-refractivity contribution in [2.24, 2.45) is 17.3 Å². The van der Waals surface area contributed by atoms with Gasteiger partial charge in [-0.1, -0.05) is 80.1 Å². The van der Waals surface area contributed by atoms with Crippen LogP contribution in [0.1, 0.15) is 106 Å². The Morgan fingerprint density at radius 2 is 1.11 bits per heavy atom. The van der Waals surface area contributed by atoms with Crippen LogP contribution in [0.25, 0.3) is 0 Å². The topological polar surface area (TPSA) is 52.6 Å². The van der Waals surface area contributed by atoms with Gasteiger partial charge in [0, 0.05) is 18.3 Å². The summed E-state index contributed by atoms with van der Waals surface area (Å²) in [5.41, 5.74) is -0.360. The predicted molar refractivity (Wildman–Crippen MR) is 112 cm³/mol. The third kappa shape index (κ3) is 13.7. The second kappa shape index (κ2) is 14.9. The molecule has 2 unspecified atom stereocenters. The Labute approximate surface area is 167 Å². The van der Waals surface area contributed by atoms with Crippen LogP contribution >= 0.6 is 0 Å². The van der Waals surface area contributed by atoms with Crippen LogP contribution in [-0.2, 0) is 19.1 Å². The number of ether oxygens (including phenoxy) is 2. The highest BCUT2D eigenvalue weighted by Gasteiger charge is 2.24. The summed E-state index contributed by atoms with van der Waals surface area (Å²) >= 11 is 0. The van der Waals surface area contributed by atoms with Gasteiger partial charge in [0.1, 0.15) is 0 Å². The van der Waals surface area contributed by atoms with E-state index in [1.165, 1.54) is 0 Å². The van der Waals surface area contributed by atoms with Crippen LogP contribution in [-0.4, -0.2) is 25.2 Å². The second-order valence-electron chi connectivity index (χ2n) is 8.73. The predicted octanol–water partition coefficient (Wildman–Crippen LogP) is 6.31. The van der Waals surface area contributed by atoms with Crippen LogP contribution in [0.5, 0.6) is 0 Å². The normalized spacial score (nSPS) is 13.9. The van der Waals surface area contributed by atoms with Crippen LogP contribution in [0.3, 0.4) is 0 Å². The van der Waals surface area contributed by atoms with Crippen LogP contribution in [0.2, 0.25) is 0 Å². The Kier molecular flexibility index (Phi) is 14.3. The molecule has 4 nitrogen and oxygen atoms in total. The Morgan fingerprint density at radius 1 is 0.741 bits per heavy atom. The minimum absolute atomic E-state index is 0.136. The molecule has 0 aliphatic carbocycles. The Balaban J connectivity index is 4.20. The van der Waals surface area contributed by atoms with Gasteiger partial charge in [-0.2, -0.15) is 0 Å². The SMILES string of the molecule is CCCCC(CC)CC(=O)OCC(C)(C)COC(=O)CC(CC)CCCC. The van der Waals surface area contributed by atoms with Gasteiger partial charge in [-0.05, 0) is 24.7 Å². The van der Waals surface area contributed by atoms with Crippen molar-refractivity contribution in [3.8, 4) is 0 Å². The Bertz CT molecular complexity index is 367. The van der Waals surface area contributed by atoms with E-state index in [4.69, 9.17) is 9.47 Å². The number of rotatable bonds is 16. The number of esters is 2. The molecule has 0 radical (unpaired) electrons. The molecule has 0 spiro atoms. The molecule has 0 saturated carbocycles. The standard InChI is InChI=1S/C23H44O4/c1-7-11-13-19(9-3)15-21(24)26-17-23(5,6)18-27-22(25)16-20(10-4)14-12-8-2/h19-20H,7-18H2,1-6H3. The number of carbonyl (C=O) groups excluding carboxylic acids is 2. The van der Waals surface area contributed by atoms with Crippen molar-refractivity contribution in [1.29, 1.82) is 0 Å². The van der Waals surface area contributed by atoms with E-state index in [0.717, 1.165) is 51.4 Å². The molecule has 27 heavy (non-hydrogen) atoms. The smallest absolute Gasteiger partial charge is 0.306 e. The molecule has 0 bridgehead atoms.